The van der Waals surface area contributed by atoms with E-state index in [-0.39, 0.29) is 5.41 Å². The predicted molar refractivity (Wildman–Crippen MR) is 83.4 cm³/mol. The molecule has 21 heavy (non-hydrogen) atoms. The molecule has 2 bridgehead atoms. The van der Waals surface area contributed by atoms with E-state index in [2.05, 4.69) is 36.7 Å². The third kappa shape index (κ3) is 1.67. The first kappa shape index (κ1) is 13.8. The van der Waals surface area contributed by atoms with Crippen LogP contribution in [0.15, 0.2) is 6.20 Å². The third-order valence-corrected chi connectivity index (χ3v) is 7.22. The van der Waals surface area contributed by atoms with Gasteiger partial charge in [-0.25, -0.2) is 0 Å². The van der Waals surface area contributed by atoms with Crippen molar-refractivity contribution in [2.45, 2.75) is 89.2 Å². The minimum Gasteiger partial charge on any atom is -0.388 e. The Kier molecular flexibility index (Phi) is 2.71. The molecule has 3 heteroatoms. The van der Waals surface area contributed by atoms with E-state index in [0.29, 0.717) is 17.9 Å². The van der Waals surface area contributed by atoms with Crippen molar-refractivity contribution in [3.63, 3.8) is 0 Å². The summed E-state index contributed by atoms with van der Waals surface area (Å²) in [5.41, 5.74) is 2.93. The molecule has 1 N–H and O–H groups in total. The maximum absolute atomic E-state index is 10.9. The summed E-state index contributed by atoms with van der Waals surface area (Å²) in [6.07, 6.45) is 10.1. The van der Waals surface area contributed by atoms with Gasteiger partial charge in [-0.05, 0) is 42.6 Å². The van der Waals surface area contributed by atoms with Crippen LogP contribution in [0, 0.1) is 5.41 Å². The summed E-state index contributed by atoms with van der Waals surface area (Å²) in [4.78, 5) is 0. The molecule has 0 aromatic carbocycles. The first-order valence-corrected chi connectivity index (χ1v) is 8.66. The molecule has 3 aliphatic carbocycles. The zero-order valence-electron chi connectivity index (χ0n) is 13.7. The molecule has 3 aliphatic rings. The van der Waals surface area contributed by atoms with Gasteiger partial charge in [0.25, 0.3) is 0 Å². The van der Waals surface area contributed by atoms with Crippen molar-refractivity contribution < 1.29 is 5.11 Å². The normalized spacial score (nSPS) is 35.9. The Labute approximate surface area is 127 Å². The van der Waals surface area contributed by atoms with E-state index in [0.717, 1.165) is 25.7 Å². The lowest BCUT2D eigenvalue weighted by molar-refractivity contribution is -0.0160. The fourth-order valence-electron chi connectivity index (χ4n) is 5.49. The molecule has 0 saturated heterocycles. The lowest BCUT2D eigenvalue weighted by Gasteiger charge is -2.38. The Morgan fingerprint density at radius 2 is 1.90 bits per heavy atom. The molecule has 116 valence electrons. The zero-order valence-corrected chi connectivity index (χ0v) is 13.7. The largest absolute Gasteiger partial charge is 0.388 e. The Balaban J connectivity index is 1.71. The standard InChI is InChI=1S/C18H28N2O/c1-16(2)14-7-10-17(16,3)15-13(14)11-19-20(15)12-18(21)8-5-4-6-9-18/h11,14,21H,4-10,12H2,1-3H3/t14-,17+/m1/s1. The van der Waals surface area contributed by atoms with Crippen LogP contribution in [-0.4, -0.2) is 20.5 Å². The van der Waals surface area contributed by atoms with Gasteiger partial charge in [-0.15, -0.1) is 0 Å². The summed E-state index contributed by atoms with van der Waals surface area (Å²) >= 11 is 0. The second-order valence-electron chi connectivity index (χ2n) is 8.54. The summed E-state index contributed by atoms with van der Waals surface area (Å²) in [5, 5.41) is 15.6. The topological polar surface area (TPSA) is 38.0 Å². The Hall–Kier alpha value is -0.830. The summed E-state index contributed by atoms with van der Waals surface area (Å²) in [5.74, 6) is 0.659. The van der Waals surface area contributed by atoms with E-state index in [4.69, 9.17) is 0 Å². The summed E-state index contributed by atoms with van der Waals surface area (Å²) < 4.78 is 2.17. The number of fused-ring (bicyclic) bond motifs is 5. The first-order chi connectivity index (χ1) is 9.87. The molecule has 0 amide bonds. The van der Waals surface area contributed by atoms with Gasteiger partial charge in [-0.2, -0.15) is 5.10 Å². The quantitative estimate of drug-likeness (QED) is 0.900. The molecule has 0 unspecified atom stereocenters. The van der Waals surface area contributed by atoms with E-state index in [1.807, 2.05) is 0 Å². The molecule has 2 atom stereocenters. The molecule has 1 heterocycles. The average molecular weight is 288 g/mol. The van der Waals surface area contributed by atoms with Gasteiger partial charge in [-0.1, -0.05) is 40.0 Å². The lowest BCUT2D eigenvalue weighted by Crippen LogP contribution is -2.40. The van der Waals surface area contributed by atoms with E-state index >= 15 is 0 Å². The van der Waals surface area contributed by atoms with Crippen molar-refractivity contribution in [1.29, 1.82) is 0 Å². The minimum absolute atomic E-state index is 0.231. The highest BCUT2D eigenvalue weighted by atomic mass is 16.3. The molecule has 3 nitrogen and oxygen atoms in total. The maximum Gasteiger partial charge on any atom is 0.0842 e. The molecule has 1 aromatic rings. The van der Waals surface area contributed by atoms with Crippen LogP contribution in [0.2, 0.25) is 0 Å². The fraction of sp³-hybridized carbons (Fsp3) is 0.833. The van der Waals surface area contributed by atoms with Gasteiger partial charge in [0.2, 0.25) is 0 Å². The Bertz CT molecular complexity index is 568. The fourth-order valence-corrected chi connectivity index (χ4v) is 5.49. The van der Waals surface area contributed by atoms with E-state index < -0.39 is 5.60 Å². The highest BCUT2D eigenvalue weighted by molar-refractivity contribution is 5.44. The van der Waals surface area contributed by atoms with Gasteiger partial charge in [0.1, 0.15) is 0 Å². The number of hydrogen-bond donors (Lipinski definition) is 1. The van der Waals surface area contributed by atoms with Crippen LogP contribution < -0.4 is 0 Å². The predicted octanol–water partition coefficient (Wildman–Crippen LogP) is 3.75. The molecule has 0 radical (unpaired) electrons. The van der Waals surface area contributed by atoms with E-state index in [1.54, 1.807) is 0 Å². The van der Waals surface area contributed by atoms with Crippen LogP contribution in [0.4, 0.5) is 0 Å². The maximum atomic E-state index is 10.9. The van der Waals surface area contributed by atoms with Crippen molar-refractivity contribution in [3.05, 3.63) is 17.5 Å². The molecule has 2 saturated carbocycles. The van der Waals surface area contributed by atoms with Crippen LogP contribution in [-0.2, 0) is 12.0 Å². The molecule has 0 aliphatic heterocycles. The third-order valence-electron chi connectivity index (χ3n) is 7.22. The van der Waals surface area contributed by atoms with Crippen molar-refractivity contribution in [3.8, 4) is 0 Å². The minimum atomic E-state index is -0.527. The Morgan fingerprint density at radius 1 is 1.19 bits per heavy atom. The molecular formula is C18H28N2O. The lowest BCUT2D eigenvalue weighted by atomic mass is 9.70. The van der Waals surface area contributed by atoms with Crippen LogP contribution in [0.5, 0.6) is 0 Å². The molecule has 2 fully saturated rings. The van der Waals surface area contributed by atoms with Gasteiger partial charge in [0.15, 0.2) is 0 Å². The average Bonchev–Trinajstić information content (AvgIpc) is 2.97. The molecule has 4 rings (SSSR count). The van der Waals surface area contributed by atoms with Crippen LogP contribution in [0.1, 0.15) is 82.9 Å². The number of aliphatic hydroxyl groups is 1. The number of nitrogens with zero attached hydrogens (tertiary/aromatic N) is 2. The van der Waals surface area contributed by atoms with Gasteiger partial charge < -0.3 is 5.11 Å². The molecular weight excluding hydrogens is 260 g/mol. The van der Waals surface area contributed by atoms with Crippen molar-refractivity contribution in [1.82, 2.24) is 9.78 Å². The number of rotatable bonds is 2. The highest BCUT2D eigenvalue weighted by Gasteiger charge is 2.61. The highest BCUT2D eigenvalue weighted by Crippen LogP contribution is 2.67. The van der Waals surface area contributed by atoms with Gasteiger partial charge >= 0.3 is 0 Å². The van der Waals surface area contributed by atoms with E-state index in [1.165, 1.54) is 30.5 Å². The number of aromatic nitrogens is 2. The van der Waals surface area contributed by atoms with Crippen LogP contribution in [0.3, 0.4) is 0 Å². The summed E-state index contributed by atoms with van der Waals surface area (Å²) in [6.45, 7) is 7.96. The van der Waals surface area contributed by atoms with Gasteiger partial charge in [0, 0.05) is 11.1 Å². The smallest absolute Gasteiger partial charge is 0.0842 e. The number of hydrogen-bond acceptors (Lipinski definition) is 2. The van der Waals surface area contributed by atoms with Crippen molar-refractivity contribution in [2.75, 3.05) is 0 Å². The van der Waals surface area contributed by atoms with Gasteiger partial charge in [0.05, 0.1) is 18.3 Å². The zero-order chi connectivity index (χ0) is 14.9. The van der Waals surface area contributed by atoms with Crippen LogP contribution in [0.25, 0.3) is 0 Å². The summed E-state index contributed by atoms with van der Waals surface area (Å²) in [7, 11) is 0. The Morgan fingerprint density at radius 3 is 2.62 bits per heavy atom. The monoisotopic (exact) mass is 288 g/mol. The van der Waals surface area contributed by atoms with Gasteiger partial charge in [-0.3, -0.25) is 4.68 Å². The van der Waals surface area contributed by atoms with E-state index in [9.17, 15) is 5.11 Å². The second kappa shape index (κ2) is 4.13. The SMILES string of the molecule is CC1(C)[C@@H]2CC[C@@]1(C)c1c2cnn1CC1(O)CCCCC1. The molecule has 0 spiro atoms. The van der Waals surface area contributed by atoms with Crippen molar-refractivity contribution in [2.24, 2.45) is 5.41 Å². The second-order valence-corrected chi connectivity index (χ2v) is 8.54. The summed E-state index contributed by atoms with van der Waals surface area (Å²) in [6, 6.07) is 0. The molecule has 1 aromatic heterocycles. The van der Waals surface area contributed by atoms with Crippen LogP contribution >= 0.6 is 0 Å². The van der Waals surface area contributed by atoms with Crippen molar-refractivity contribution >= 4 is 0 Å². The first-order valence-electron chi connectivity index (χ1n) is 8.66.